The van der Waals surface area contributed by atoms with E-state index in [4.69, 9.17) is 4.74 Å². The number of H-pyrrole nitrogens is 1. The highest BCUT2D eigenvalue weighted by molar-refractivity contribution is 6.02. The summed E-state index contributed by atoms with van der Waals surface area (Å²) < 4.78 is 5.40. The highest BCUT2D eigenvalue weighted by Gasteiger charge is 2.28. The number of fused-ring (bicyclic) bond motifs is 1. The van der Waals surface area contributed by atoms with E-state index in [-0.39, 0.29) is 11.6 Å². The van der Waals surface area contributed by atoms with E-state index < -0.39 is 12.1 Å². The lowest BCUT2D eigenvalue weighted by Crippen LogP contribution is -2.51. The topological polar surface area (TPSA) is 78.5 Å². The fourth-order valence-corrected chi connectivity index (χ4v) is 3.47. The van der Waals surface area contributed by atoms with Crippen LogP contribution in [0, 0.1) is 0 Å². The Kier molecular flexibility index (Phi) is 4.97. The van der Waals surface area contributed by atoms with E-state index in [2.05, 4.69) is 27.2 Å². The Labute approximate surface area is 162 Å². The second-order valence-corrected chi connectivity index (χ2v) is 6.81. The molecule has 0 saturated carbocycles. The molecule has 0 bridgehead atoms. The van der Waals surface area contributed by atoms with Gasteiger partial charge >= 0.3 is 5.97 Å². The number of anilines is 1. The monoisotopic (exact) mass is 378 g/mol. The molecule has 0 unspecified atom stereocenters. The lowest BCUT2D eigenvalue weighted by atomic mass is 10.2. The molecule has 4 rings (SSSR count). The third-order valence-electron chi connectivity index (χ3n) is 5.01. The summed E-state index contributed by atoms with van der Waals surface area (Å²) in [5.41, 5.74) is 2.11. The number of piperazine rings is 1. The van der Waals surface area contributed by atoms with Crippen LogP contribution in [0.15, 0.2) is 54.6 Å². The number of benzene rings is 2. The van der Waals surface area contributed by atoms with E-state index in [1.54, 1.807) is 17.9 Å². The highest BCUT2D eigenvalue weighted by Crippen LogP contribution is 2.18. The zero-order valence-corrected chi connectivity index (χ0v) is 15.7. The van der Waals surface area contributed by atoms with E-state index in [1.807, 2.05) is 36.4 Å². The van der Waals surface area contributed by atoms with Crippen LogP contribution in [0.3, 0.4) is 0 Å². The molecule has 3 aromatic rings. The van der Waals surface area contributed by atoms with Gasteiger partial charge in [0.2, 0.25) is 0 Å². The molecule has 1 aliphatic rings. The maximum absolute atomic E-state index is 12.7. The zero-order chi connectivity index (χ0) is 19.5. The molecule has 0 spiro atoms. The normalized spacial score (nSPS) is 15.5. The smallest absolute Gasteiger partial charge is 0.360 e. The van der Waals surface area contributed by atoms with Gasteiger partial charge in [0.15, 0.2) is 11.8 Å². The largest absolute Gasteiger partial charge is 0.448 e. The molecule has 144 valence electrons. The van der Waals surface area contributed by atoms with Crippen LogP contribution in [0.4, 0.5) is 5.69 Å². The third kappa shape index (κ3) is 3.55. The van der Waals surface area contributed by atoms with Crippen LogP contribution in [-0.2, 0) is 9.53 Å². The van der Waals surface area contributed by atoms with Crippen LogP contribution in [-0.4, -0.2) is 59.3 Å². The molecule has 7 heteroatoms. The van der Waals surface area contributed by atoms with E-state index in [0.29, 0.717) is 18.5 Å². The summed E-state index contributed by atoms with van der Waals surface area (Å²) in [5, 5.41) is 7.52. The third-order valence-corrected chi connectivity index (χ3v) is 5.01. The molecule has 2 aromatic carbocycles. The van der Waals surface area contributed by atoms with Gasteiger partial charge < -0.3 is 14.5 Å². The van der Waals surface area contributed by atoms with Gasteiger partial charge in [-0.2, -0.15) is 5.10 Å². The van der Waals surface area contributed by atoms with Crippen molar-refractivity contribution in [1.29, 1.82) is 0 Å². The van der Waals surface area contributed by atoms with Gasteiger partial charge in [-0.15, -0.1) is 0 Å². The first-order chi connectivity index (χ1) is 13.6. The minimum atomic E-state index is -0.855. The molecule has 2 heterocycles. The Balaban J connectivity index is 1.35. The average Bonchev–Trinajstić information content (AvgIpc) is 3.18. The maximum atomic E-state index is 12.7. The van der Waals surface area contributed by atoms with E-state index in [9.17, 15) is 9.59 Å². The first-order valence-corrected chi connectivity index (χ1v) is 9.36. The van der Waals surface area contributed by atoms with Crippen molar-refractivity contribution in [3.8, 4) is 0 Å². The SMILES string of the molecule is C[C@H](OC(=O)c1n[nH]c2ccccc12)C(=O)N1CCN(c2ccccc2)CC1. The van der Waals surface area contributed by atoms with Crippen molar-refractivity contribution in [3.05, 3.63) is 60.3 Å². The van der Waals surface area contributed by atoms with Crippen molar-refractivity contribution < 1.29 is 14.3 Å². The molecule has 1 saturated heterocycles. The van der Waals surface area contributed by atoms with Gasteiger partial charge in [-0.25, -0.2) is 4.79 Å². The van der Waals surface area contributed by atoms with E-state index >= 15 is 0 Å². The fraction of sp³-hybridized carbons (Fsp3) is 0.286. The molecule has 28 heavy (non-hydrogen) atoms. The van der Waals surface area contributed by atoms with Crippen molar-refractivity contribution in [3.63, 3.8) is 0 Å². The molecule has 1 N–H and O–H groups in total. The minimum Gasteiger partial charge on any atom is -0.448 e. The summed E-state index contributed by atoms with van der Waals surface area (Å²) in [7, 11) is 0. The number of carbonyl (C=O) groups excluding carboxylic acids is 2. The Hall–Kier alpha value is -3.35. The van der Waals surface area contributed by atoms with Crippen molar-refractivity contribution >= 4 is 28.5 Å². The van der Waals surface area contributed by atoms with Gasteiger partial charge in [0, 0.05) is 37.3 Å². The number of aromatic amines is 1. The summed E-state index contributed by atoms with van der Waals surface area (Å²) in [5.74, 6) is -0.776. The molecule has 1 fully saturated rings. The van der Waals surface area contributed by atoms with Gasteiger partial charge in [-0.1, -0.05) is 36.4 Å². The Bertz CT molecular complexity index is 977. The second kappa shape index (κ2) is 7.72. The van der Waals surface area contributed by atoms with Crippen molar-refractivity contribution in [1.82, 2.24) is 15.1 Å². The highest BCUT2D eigenvalue weighted by atomic mass is 16.5. The second-order valence-electron chi connectivity index (χ2n) is 6.81. The summed E-state index contributed by atoms with van der Waals surface area (Å²) in [4.78, 5) is 29.2. The van der Waals surface area contributed by atoms with Crippen molar-refractivity contribution in [2.24, 2.45) is 0 Å². The first-order valence-electron chi connectivity index (χ1n) is 9.36. The number of para-hydroxylation sites is 2. The molecular weight excluding hydrogens is 356 g/mol. The Morgan fingerprint density at radius 1 is 1.00 bits per heavy atom. The number of carbonyl (C=O) groups is 2. The summed E-state index contributed by atoms with van der Waals surface area (Å²) >= 11 is 0. The van der Waals surface area contributed by atoms with Crippen LogP contribution in [0.2, 0.25) is 0 Å². The molecular formula is C21H22N4O3. The van der Waals surface area contributed by atoms with Crippen molar-refractivity contribution in [2.45, 2.75) is 13.0 Å². The van der Waals surface area contributed by atoms with E-state index in [1.165, 1.54) is 0 Å². The number of esters is 1. The van der Waals surface area contributed by atoms with Gasteiger partial charge in [0.05, 0.1) is 5.52 Å². The quantitative estimate of drug-likeness (QED) is 0.706. The van der Waals surface area contributed by atoms with Gasteiger partial charge in [0.1, 0.15) is 0 Å². The predicted octanol–water partition coefficient (Wildman–Crippen LogP) is 2.46. The number of hydrogen-bond acceptors (Lipinski definition) is 5. The average molecular weight is 378 g/mol. The summed E-state index contributed by atoms with van der Waals surface area (Å²) in [6.07, 6.45) is -0.855. The standard InChI is InChI=1S/C21H22N4O3/c1-15(28-21(27)19-17-9-5-6-10-18(17)22-23-19)20(26)25-13-11-24(12-14-25)16-7-3-2-4-8-16/h2-10,15H,11-14H2,1H3,(H,22,23)/t15-/m0/s1. The van der Waals surface area contributed by atoms with E-state index in [0.717, 1.165) is 24.3 Å². The molecule has 0 radical (unpaired) electrons. The number of aromatic nitrogens is 2. The molecule has 1 aliphatic heterocycles. The lowest BCUT2D eigenvalue weighted by molar-refractivity contribution is -0.140. The Morgan fingerprint density at radius 2 is 1.68 bits per heavy atom. The fourth-order valence-electron chi connectivity index (χ4n) is 3.47. The summed E-state index contributed by atoms with van der Waals surface area (Å²) in [6.45, 7) is 4.31. The number of amides is 1. The van der Waals surface area contributed by atoms with Crippen LogP contribution >= 0.6 is 0 Å². The minimum absolute atomic E-state index is 0.180. The van der Waals surface area contributed by atoms with Gasteiger partial charge in [-0.05, 0) is 25.1 Å². The van der Waals surface area contributed by atoms with Gasteiger partial charge in [0.25, 0.3) is 5.91 Å². The Morgan fingerprint density at radius 3 is 2.43 bits per heavy atom. The predicted molar refractivity (Wildman–Crippen MR) is 106 cm³/mol. The number of ether oxygens (including phenoxy) is 1. The zero-order valence-electron chi connectivity index (χ0n) is 15.7. The molecule has 7 nitrogen and oxygen atoms in total. The number of nitrogens with zero attached hydrogens (tertiary/aromatic N) is 3. The molecule has 0 aliphatic carbocycles. The maximum Gasteiger partial charge on any atom is 0.360 e. The molecule has 1 amide bonds. The number of rotatable bonds is 4. The lowest BCUT2D eigenvalue weighted by Gasteiger charge is -2.37. The number of nitrogens with one attached hydrogen (secondary N) is 1. The van der Waals surface area contributed by atoms with Gasteiger partial charge in [-0.3, -0.25) is 9.89 Å². The summed E-state index contributed by atoms with van der Waals surface area (Å²) in [6, 6.07) is 17.4. The van der Waals surface area contributed by atoms with Crippen LogP contribution in [0.25, 0.3) is 10.9 Å². The van der Waals surface area contributed by atoms with Crippen LogP contribution in [0.1, 0.15) is 17.4 Å². The van der Waals surface area contributed by atoms with Crippen LogP contribution in [0.5, 0.6) is 0 Å². The van der Waals surface area contributed by atoms with Crippen molar-refractivity contribution in [2.75, 3.05) is 31.1 Å². The van der Waals surface area contributed by atoms with Crippen LogP contribution < -0.4 is 4.90 Å². The molecule has 1 aromatic heterocycles. The first kappa shape index (κ1) is 18.0. The molecule has 1 atom stereocenters. The number of hydrogen-bond donors (Lipinski definition) is 1.